The zero-order valence-corrected chi connectivity index (χ0v) is 16.7. The van der Waals surface area contributed by atoms with Crippen LogP contribution >= 0.6 is 23.3 Å². The van der Waals surface area contributed by atoms with Gasteiger partial charge in [-0.2, -0.15) is 4.37 Å². The van der Waals surface area contributed by atoms with Crippen molar-refractivity contribution in [2.45, 2.75) is 11.8 Å². The van der Waals surface area contributed by atoms with Gasteiger partial charge in [0.05, 0.1) is 5.03 Å². The van der Waals surface area contributed by atoms with E-state index in [4.69, 9.17) is 5.73 Å². The average Bonchev–Trinajstić information content (AvgIpc) is 3.16. The van der Waals surface area contributed by atoms with E-state index in [0.29, 0.717) is 11.0 Å². The largest absolute Gasteiger partial charge is 0.383 e. The first-order valence-corrected chi connectivity index (χ1v) is 9.82. The molecule has 0 aliphatic rings. The Morgan fingerprint density at radius 3 is 2.61 bits per heavy atom. The minimum Gasteiger partial charge on any atom is -0.383 e. The summed E-state index contributed by atoms with van der Waals surface area (Å²) in [5, 5.41) is 7.24. The molecule has 142 valence electrons. The molecular formula is C19H18N6OS2. The lowest BCUT2D eigenvalue weighted by atomic mass is 10.1. The molecule has 3 rings (SSSR count). The Kier molecular flexibility index (Phi) is 6.41. The van der Waals surface area contributed by atoms with Gasteiger partial charge in [0.1, 0.15) is 12.2 Å². The number of carbonyl (C=O) groups excluding carboxylic acids is 1. The molecule has 0 aliphatic heterocycles. The standard InChI is InChI=1S/C19H18N6OS2/c1-12(26)23-14-7-9-15(10-8-14)27-13(2)24-17-6-4-3-5-16(17)18(20)25-19-21-11-22-28-19/h3-11,24H,2H2,1H3,(H,23,26)(H2,20,21,22,25). The molecule has 2 aromatic carbocycles. The first-order chi connectivity index (χ1) is 13.5. The lowest BCUT2D eigenvalue weighted by Gasteiger charge is -2.13. The number of aliphatic imine (C=N–C) groups is 1. The van der Waals surface area contributed by atoms with Crippen molar-refractivity contribution in [3.63, 3.8) is 0 Å². The van der Waals surface area contributed by atoms with Crippen LogP contribution in [0, 0.1) is 0 Å². The molecule has 0 atom stereocenters. The smallest absolute Gasteiger partial charge is 0.230 e. The fourth-order valence-electron chi connectivity index (χ4n) is 2.32. The number of amides is 1. The number of nitrogens with zero attached hydrogens (tertiary/aromatic N) is 3. The van der Waals surface area contributed by atoms with E-state index < -0.39 is 0 Å². The minimum atomic E-state index is -0.101. The van der Waals surface area contributed by atoms with Gasteiger partial charge < -0.3 is 16.4 Å². The second-order valence-corrected chi connectivity index (χ2v) is 7.55. The number of nitrogens with two attached hydrogens (primary N) is 1. The van der Waals surface area contributed by atoms with E-state index in [1.165, 1.54) is 36.5 Å². The van der Waals surface area contributed by atoms with Crippen LogP contribution in [0.25, 0.3) is 0 Å². The van der Waals surface area contributed by atoms with Gasteiger partial charge in [-0.3, -0.25) is 4.79 Å². The van der Waals surface area contributed by atoms with Crippen molar-refractivity contribution in [2.75, 3.05) is 10.6 Å². The number of aromatic nitrogens is 2. The molecule has 0 fully saturated rings. The first-order valence-electron chi connectivity index (χ1n) is 8.23. The van der Waals surface area contributed by atoms with Crippen LogP contribution in [0.3, 0.4) is 0 Å². The normalized spacial score (nSPS) is 11.1. The number of para-hydroxylation sites is 1. The highest BCUT2D eigenvalue weighted by Crippen LogP contribution is 2.29. The Bertz CT molecular complexity index is 1000. The number of thioether (sulfide) groups is 1. The molecule has 0 bridgehead atoms. The van der Waals surface area contributed by atoms with Crippen molar-refractivity contribution in [1.29, 1.82) is 0 Å². The third kappa shape index (κ3) is 5.41. The Hall–Kier alpha value is -3.17. The number of anilines is 2. The maximum absolute atomic E-state index is 11.1. The summed E-state index contributed by atoms with van der Waals surface area (Å²) in [7, 11) is 0. The second kappa shape index (κ2) is 9.16. The van der Waals surface area contributed by atoms with Crippen molar-refractivity contribution in [1.82, 2.24) is 9.36 Å². The number of benzene rings is 2. The van der Waals surface area contributed by atoms with Crippen molar-refractivity contribution in [2.24, 2.45) is 10.7 Å². The molecule has 0 saturated heterocycles. The Balaban J connectivity index is 1.70. The predicted octanol–water partition coefficient (Wildman–Crippen LogP) is 4.21. The molecule has 7 nitrogen and oxygen atoms in total. The summed E-state index contributed by atoms with van der Waals surface area (Å²) in [4.78, 5) is 20.4. The van der Waals surface area contributed by atoms with Gasteiger partial charge in [0.15, 0.2) is 0 Å². The van der Waals surface area contributed by atoms with Crippen LogP contribution in [0.4, 0.5) is 16.5 Å². The van der Waals surface area contributed by atoms with Gasteiger partial charge in [-0.15, -0.1) is 0 Å². The molecule has 1 amide bonds. The maximum atomic E-state index is 11.1. The lowest BCUT2D eigenvalue weighted by molar-refractivity contribution is -0.114. The van der Waals surface area contributed by atoms with Gasteiger partial charge in [0, 0.05) is 40.3 Å². The van der Waals surface area contributed by atoms with Crippen LogP contribution in [0.1, 0.15) is 12.5 Å². The van der Waals surface area contributed by atoms with Crippen LogP contribution in [0.2, 0.25) is 0 Å². The summed E-state index contributed by atoms with van der Waals surface area (Å²) in [6, 6.07) is 15.1. The van der Waals surface area contributed by atoms with E-state index in [-0.39, 0.29) is 5.91 Å². The van der Waals surface area contributed by atoms with Gasteiger partial charge >= 0.3 is 0 Å². The van der Waals surface area contributed by atoms with Crippen molar-refractivity contribution in [3.05, 3.63) is 72.0 Å². The van der Waals surface area contributed by atoms with E-state index in [9.17, 15) is 4.79 Å². The summed E-state index contributed by atoms with van der Waals surface area (Å²) in [6.45, 7) is 5.55. The van der Waals surface area contributed by atoms with Gasteiger partial charge in [-0.05, 0) is 36.4 Å². The van der Waals surface area contributed by atoms with Crippen LogP contribution < -0.4 is 16.4 Å². The lowest BCUT2D eigenvalue weighted by Crippen LogP contribution is -2.15. The molecule has 0 aliphatic carbocycles. The SMILES string of the molecule is C=C(Nc1ccccc1C(N)=Nc1ncns1)Sc1ccc(NC(C)=O)cc1. The Morgan fingerprint density at radius 2 is 1.93 bits per heavy atom. The topological polar surface area (TPSA) is 105 Å². The van der Waals surface area contributed by atoms with Crippen molar-refractivity contribution >= 4 is 51.5 Å². The molecule has 1 heterocycles. The highest BCUT2D eigenvalue weighted by molar-refractivity contribution is 8.03. The summed E-state index contributed by atoms with van der Waals surface area (Å²) in [5.41, 5.74) is 8.44. The zero-order chi connectivity index (χ0) is 19.9. The Morgan fingerprint density at radius 1 is 1.18 bits per heavy atom. The highest BCUT2D eigenvalue weighted by atomic mass is 32.2. The number of hydrogen-bond donors (Lipinski definition) is 3. The molecule has 0 saturated carbocycles. The summed E-state index contributed by atoms with van der Waals surface area (Å²) >= 11 is 2.65. The van der Waals surface area contributed by atoms with Gasteiger partial charge in [-0.1, -0.05) is 30.5 Å². The molecule has 1 aromatic heterocycles. The van der Waals surface area contributed by atoms with Crippen molar-refractivity contribution < 1.29 is 4.79 Å². The quantitative estimate of drug-likeness (QED) is 0.306. The molecule has 0 unspecified atom stereocenters. The predicted molar refractivity (Wildman–Crippen MR) is 116 cm³/mol. The monoisotopic (exact) mass is 410 g/mol. The van der Waals surface area contributed by atoms with Crippen LogP contribution in [0.5, 0.6) is 0 Å². The minimum absolute atomic E-state index is 0.101. The van der Waals surface area contributed by atoms with Crippen LogP contribution in [0.15, 0.2) is 76.4 Å². The van der Waals surface area contributed by atoms with Gasteiger partial charge in [0.25, 0.3) is 0 Å². The van der Waals surface area contributed by atoms with Crippen LogP contribution in [-0.4, -0.2) is 21.1 Å². The first kappa shape index (κ1) is 19.6. The van der Waals surface area contributed by atoms with E-state index in [1.807, 2.05) is 48.5 Å². The number of amidine groups is 1. The number of carbonyl (C=O) groups is 1. The molecule has 0 radical (unpaired) electrons. The van der Waals surface area contributed by atoms with E-state index in [2.05, 4.69) is 31.6 Å². The summed E-state index contributed by atoms with van der Waals surface area (Å²) < 4.78 is 3.92. The molecule has 28 heavy (non-hydrogen) atoms. The molecule has 3 aromatic rings. The van der Waals surface area contributed by atoms with Gasteiger partial charge in [0.2, 0.25) is 11.0 Å². The molecule has 4 N–H and O–H groups in total. The molecule has 9 heteroatoms. The van der Waals surface area contributed by atoms with E-state index in [0.717, 1.165) is 26.9 Å². The third-order valence-corrected chi connectivity index (χ3v) is 4.87. The summed E-state index contributed by atoms with van der Waals surface area (Å²) in [6.07, 6.45) is 1.44. The van der Waals surface area contributed by atoms with Crippen molar-refractivity contribution in [3.8, 4) is 0 Å². The molecule has 0 spiro atoms. The fraction of sp³-hybridized carbons (Fsp3) is 0.0526. The number of nitrogens with one attached hydrogen (secondary N) is 2. The van der Waals surface area contributed by atoms with E-state index in [1.54, 1.807) is 0 Å². The summed E-state index contributed by atoms with van der Waals surface area (Å²) in [5.74, 6) is 0.244. The fourth-order valence-corrected chi connectivity index (χ4v) is 3.46. The Labute approximate surface area is 171 Å². The van der Waals surface area contributed by atoms with E-state index >= 15 is 0 Å². The van der Waals surface area contributed by atoms with Crippen LogP contribution in [-0.2, 0) is 4.79 Å². The average molecular weight is 411 g/mol. The van der Waals surface area contributed by atoms with Gasteiger partial charge in [-0.25, -0.2) is 9.98 Å². The molecular weight excluding hydrogens is 392 g/mol. The maximum Gasteiger partial charge on any atom is 0.230 e. The third-order valence-electron chi connectivity index (χ3n) is 3.46. The highest BCUT2D eigenvalue weighted by Gasteiger charge is 2.09. The second-order valence-electron chi connectivity index (χ2n) is 5.62. The zero-order valence-electron chi connectivity index (χ0n) is 15.0. The number of rotatable bonds is 7. The number of hydrogen-bond acceptors (Lipinski definition) is 7.